The molecule has 26 heavy (non-hydrogen) atoms. The molecule has 6 heteroatoms. The average molecular weight is 357 g/mol. The molecule has 1 atom stereocenters. The summed E-state index contributed by atoms with van der Waals surface area (Å²) in [4.78, 5) is 23.0. The first kappa shape index (κ1) is 19.3. The first-order valence-corrected chi connectivity index (χ1v) is 8.32. The minimum Gasteiger partial charge on any atom is -0.489 e. The van der Waals surface area contributed by atoms with Crippen molar-refractivity contribution in [3.05, 3.63) is 59.2 Å². The predicted molar refractivity (Wildman–Crippen MR) is 97.9 cm³/mol. The van der Waals surface area contributed by atoms with E-state index in [2.05, 4.69) is 5.32 Å². The van der Waals surface area contributed by atoms with Crippen LogP contribution in [0.3, 0.4) is 0 Å². The van der Waals surface area contributed by atoms with Crippen molar-refractivity contribution >= 4 is 11.9 Å². The van der Waals surface area contributed by atoms with Gasteiger partial charge in [0.2, 0.25) is 0 Å². The third-order valence-corrected chi connectivity index (χ3v) is 3.69. The van der Waals surface area contributed by atoms with E-state index in [-0.39, 0.29) is 12.0 Å². The molecule has 0 aliphatic heterocycles. The first-order chi connectivity index (χ1) is 12.4. The molecule has 0 spiro atoms. The normalized spacial score (nSPS) is 11.5. The van der Waals surface area contributed by atoms with E-state index in [1.807, 2.05) is 37.3 Å². The maximum atomic E-state index is 12.4. The Balaban J connectivity index is 1.95. The van der Waals surface area contributed by atoms with Crippen molar-refractivity contribution in [1.82, 2.24) is 5.32 Å². The largest absolute Gasteiger partial charge is 0.489 e. The third kappa shape index (κ3) is 5.51. The zero-order chi connectivity index (χ0) is 19.1. The van der Waals surface area contributed by atoms with E-state index < -0.39 is 12.6 Å². The van der Waals surface area contributed by atoms with Gasteiger partial charge >= 0.3 is 5.97 Å². The molecule has 0 aromatic heterocycles. The molecular weight excluding hydrogens is 334 g/mol. The summed E-state index contributed by atoms with van der Waals surface area (Å²) in [5, 5.41) is 11.6. The van der Waals surface area contributed by atoms with Crippen molar-refractivity contribution in [3.63, 3.8) is 0 Å². The molecule has 1 amide bonds. The highest BCUT2D eigenvalue weighted by Crippen LogP contribution is 2.24. The van der Waals surface area contributed by atoms with Gasteiger partial charge in [0.15, 0.2) is 6.61 Å². The van der Waals surface area contributed by atoms with Crippen LogP contribution < -0.4 is 14.8 Å². The second-order valence-corrected chi connectivity index (χ2v) is 6.07. The van der Waals surface area contributed by atoms with Gasteiger partial charge in [-0.15, -0.1) is 0 Å². The molecule has 2 aromatic carbocycles. The van der Waals surface area contributed by atoms with Crippen molar-refractivity contribution < 1.29 is 24.2 Å². The number of rotatable bonds is 8. The predicted octanol–water partition coefficient (Wildman–Crippen LogP) is 2.96. The summed E-state index contributed by atoms with van der Waals surface area (Å²) < 4.78 is 11.0. The second kappa shape index (κ2) is 8.89. The topological polar surface area (TPSA) is 84.9 Å². The molecule has 0 heterocycles. The van der Waals surface area contributed by atoms with Gasteiger partial charge in [0.1, 0.15) is 17.6 Å². The molecule has 0 aliphatic carbocycles. The van der Waals surface area contributed by atoms with E-state index in [4.69, 9.17) is 14.6 Å². The molecule has 0 saturated heterocycles. The lowest BCUT2D eigenvalue weighted by Crippen LogP contribution is -2.33. The van der Waals surface area contributed by atoms with Gasteiger partial charge < -0.3 is 19.9 Å². The summed E-state index contributed by atoms with van der Waals surface area (Å²) in [5.41, 5.74) is 1.92. The fourth-order valence-electron chi connectivity index (χ4n) is 2.55. The molecule has 0 fully saturated rings. The number of hydrogen-bond donors (Lipinski definition) is 2. The summed E-state index contributed by atoms with van der Waals surface area (Å²) in [6.07, 6.45) is -0.179. The van der Waals surface area contributed by atoms with Crippen LogP contribution in [-0.4, -0.2) is 36.2 Å². The molecule has 0 saturated carbocycles. The van der Waals surface area contributed by atoms with E-state index in [1.165, 1.54) is 0 Å². The van der Waals surface area contributed by atoms with Gasteiger partial charge in [-0.2, -0.15) is 0 Å². The summed E-state index contributed by atoms with van der Waals surface area (Å²) >= 11 is 0. The van der Waals surface area contributed by atoms with E-state index in [1.54, 1.807) is 26.0 Å². The van der Waals surface area contributed by atoms with Gasteiger partial charge in [-0.1, -0.05) is 18.2 Å². The SMILES string of the molecule is Cc1cc(C(=O)NCC(C)Oc2ccccc2)cc(C)c1OCC(=O)O. The second-order valence-electron chi connectivity index (χ2n) is 6.07. The van der Waals surface area contributed by atoms with Crippen LogP contribution in [0, 0.1) is 13.8 Å². The van der Waals surface area contributed by atoms with Crippen LogP contribution in [0.25, 0.3) is 0 Å². The van der Waals surface area contributed by atoms with Crippen molar-refractivity contribution in [2.24, 2.45) is 0 Å². The van der Waals surface area contributed by atoms with Gasteiger partial charge in [-0.05, 0) is 56.2 Å². The molecule has 0 bridgehead atoms. The molecular formula is C20H23NO5. The zero-order valence-electron chi connectivity index (χ0n) is 15.1. The first-order valence-electron chi connectivity index (χ1n) is 8.32. The minimum absolute atomic E-state index is 0.179. The highest BCUT2D eigenvalue weighted by atomic mass is 16.5. The fourth-order valence-corrected chi connectivity index (χ4v) is 2.55. The monoisotopic (exact) mass is 357 g/mol. The van der Waals surface area contributed by atoms with Crippen molar-refractivity contribution in [1.29, 1.82) is 0 Å². The molecule has 0 radical (unpaired) electrons. The van der Waals surface area contributed by atoms with Crippen LogP contribution in [-0.2, 0) is 4.79 Å². The molecule has 6 nitrogen and oxygen atoms in total. The number of carbonyl (C=O) groups excluding carboxylic acids is 1. The van der Waals surface area contributed by atoms with E-state index in [9.17, 15) is 9.59 Å². The molecule has 2 N–H and O–H groups in total. The number of nitrogens with one attached hydrogen (secondary N) is 1. The van der Waals surface area contributed by atoms with E-state index >= 15 is 0 Å². The molecule has 138 valence electrons. The Kier molecular flexibility index (Phi) is 6.60. The minimum atomic E-state index is -1.04. The number of carboxylic acid groups (broad SMARTS) is 1. The highest BCUT2D eigenvalue weighted by Gasteiger charge is 2.14. The Morgan fingerprint density at radius 3 is 2.31 bits per heavy atom. The van der Waals surface area contributed by atoms with Crippen LogP contribution in [0.15, 0.2) is 42.5 Å². The Morgan fingerprint density at radius 1 is 1.12 bits per heavy atom. The number of carbonyl (C=O) groups is 2. The van der Waals surface area contributed by atoms with E-state index in [0.29, 0.717) is 29.0 Å². The Morgan fingerprint density at radius 2 is 1.73 bits per heavy atom. The standard InChI is InChI=1S/C20H23NO5/c1-13-9-16(10-14(2)19(13)25-12-18(22)23)20(24)21-11-15(3)26-17-7-5-4-6-8-17/h4-10,15H,11-12H2,1-3H3,(H,21,24)(H,22,23). The molecule has 2 rings (SSSR count). The summed E-state index contributed by atoms with van der Waals surface area (Å²) in [6.45, 7) is 5.39. The van der Waals surface area contributed by atoms with Crippen molar-refractivity contribution in [2.75, 3.05) is 13.2 Å². The van der Waals surface area contributed by atoms with Crippen molar-refractivity contribution in [3.8, 4) is 11.5 Å². The lowest BCUT2D eigenvalue weighted by atomic mass is 10.0. The van der Waals surface area contributed by atoms with E-state index in [0.717, 1.165) is 5.75 Å². The number of amides is 1. The summed E-state index contributed by atoms with van der Waals surface area (Å²) in [6, 6.07) is 12.8. The van der Waals surface area contributed by atoms with Gasteiger partial charge in [0.25, 0.3) is 5.91 Å². The number of carboxylic acids is 1. The number of para-hydroxylation sites is 1. The average Bonchev–Trinajstić information content (AvgIpc) is 2.59. The van der Waals surface area contributed by atoms with Crippen molar-refractivity contribution in [2.45, 2.75) is 26.9 Å². The van der Waals surface area contributed by atoms with Crippen LogP contribution in [0.1, 0.15) is 28.4 Å². The fraction of sp³-hybridized carbons (Fsp3) is 0.300. The smallest absolute Gasteiger partial charge is 0.341 e. The van der Waals surface area contributed by atoms with Crippen LogP contribution >= 0.6 is 0 Å². The van der Waals surface area contributed by atoms with Gasteiger partial charge in [-0.3, -0.25) is 4.79 Å². The van der Waals surface area contributed by atoms with Crippen LogP contribution in [0.5, 0.6) is 11.5 Å². The Bertz CT molecular complexity index is 750. The van der Waals surface area contributed by atoms with Crippen LogP contribution in [0.2, 0.25) is 0 Å². The summed E-state index contributed by atoms with van der Waals surface area (Å²) in [7, 11) is 0. The molecule has 2 aromatic rings. The lowest BCUT2D eigenvalue weighted by molar-refractivity contribution is -0.139. The maximum Gasteiger partial charge on any atom is 0.341 e. The number of aliphatic carboxylic acids is 1. The quantitative estimate of drug-likeness (QED) is 0.759. The summed E-state index contributed by atoms with van der Waals surface area (Å²) in [5.74, 6) is -0.0203. The number of benzene rings is 2. The zero-order valence-corrected chi connectivity index (χ0v) is 15.1. The van der Waals surface area contributed by atoms with Gasteiger partial charge in [0.05, 0.1) is 6.54 Å². The molecule has 1 unspecified atom stereocenters. The molecule has 0 aliphatic rings. The van der Waals surface area contributed by atoms with Crippen LogP contribution in [0.4, 0.5) is 0 Å². The number of hydrogen-bond acceptors (Lipinski definition) is 4. The Hall–Kier alpha value is -3.02. The third-order valence-electron chi connectivity index (χ3n) is 3.69. The Labute approximate surface area is 152 Å². The number of ether oxygens (including phenoxy) is 2. The highest BCUT2D eigenvalue weighted by molar-refractivity contribution is 5.95. The lowest BCUT2D eigenvalue weighted by Gasteiger charge is -2.16. The van der Waals surface area contributed by atoms with Gasteiger partial charge in [0, 0.05) is 5.56 Å². The number of aryl methyl sites for hydroxylation is 2. The van der Waals surface area contributed by atoms with Gasteiger partial charge in [-0.25, -0.2) is 4.79 Å². The maximum absolute atomic E-state index is 12.4.